The van der Waals surface area contributed by atoms with Gasteiger partial charge in [0, 0.05) is 0 Å². The molecule has 4 nitrogen and oxygen atoms in total. The van der Waals surface area contributed by atoms with E-state index in [1.807, 2.05) is 12.2 Å². The van der Waals surface area contributed by atoms with E-state index in [4.69, 9.17) is 10.8 Å². The van der Waals surface area contributed by atoms with Gasteiger partial charge in [0.25, 0.3) is 0 Å². The van der Waals surface area contributed by atoms with Crippen LogP contribution in [0.15, 0.2) is 23.8 Å². The van der Waals surface area contributed by atoms with E-state index in [2.05, 4.69) is 0 Å². The minimum atomic E-state index is -1.04. The lowest BCUT2D eigenvalue weighted by Crippen LogP contribution is -2.34. The van der Waals surface area contributed by atoms with E-state index in [-0.39, 0.29) is 12.2 Å². The number of allylic oxidation sites excluding steroid dienone is 3. The molecule has 1 rings (SSSR count). The Balaban J connectivity index is 2.56. The molecule has 0 aliphatic heterocycles. The van der Waals surface area contributed by atoms with E-state index in [9.17, 15) is 9.59 Å². The van der Waals surface area contributed by atoms with Crippen LogP contribution in [0.1, 0.15) is 19.3 Å². The quantitative estimate of drug-likeness (QED) is 0.645. The van der Waals surface area contributed by atoms with E-state index in [0.29, 0.717) is 12.0 Å². The van der Waals surface area contributed by atoms with Gasteiger partial charge in [-0.15, -0.1) is 0 Å². The monoisotopic (exact) mass is 195 g/mol. The first-order chi connectivity index (χ1) is 6.61. The summed E-state index contributed by atoms with van der Waals surface area (Å²) in [6, 6.07) is -0.912. The van der Waals surface area contributed by atoms with Crippen molar-refractivity contribution in [3.8, 4) is 0 Å². The number of Topliss-reactive ketones (excluding diaryl/α,β-unsaturated/α-hetero) is 1. The number of ketones is 1. The molecule has 0 amide bonds. The third-order valence-corrected chi connectivity index (χ3v) is 2.05. The number of carboxylic acids is 1. The summed E-state index contributed by atoms with van der Waals surface area (Å²) in [6.07, 6.45) is 6.62. The summed E-state index contributed by atoms with van der Waals surface area (Å²) in [7, 11) is 0. The minimum Gasteiger partial charge on any atom is -0.481 e. The maximum absolute atomic E-state index is 11.5. The van der Waals surface area contributed by atoms with Gasteiger partial charge in [-0.2, -0.15) is 0 Å². The van der Waals surface area contributed by atoms with Crippen molar-refractivity contribution in [2.75, 3.05) is 0 Å². The number of aliphatic carboxylic acids is 1. The third kappa shape index (κ3) is 2.81. The van der Waals surface area contributed by atoms with Gasteiger partial charge in [-0.25, -0.2) is 0 Å². The summed E-state index contributed by atoms with van der Waals surface area (Å²) in [5.74, 6) is -1.30. The van der Waals surface area contributed by atoms with Crippen LogP contribution in [0.25, 0.3) is 0 Å². The molecule has 0 aromatic carbocycles. The normalized spacial score (nSPS) is 17.4. The molecular formula is C10H13NO3. The van der Waals surface area contributed by atoms with Gasteiger partial charge in [-0.3, -0.25) is 9.59 Å². The highest BCUT2D eigenvalue weighted by Crippen LogP contribution is 2.13. The van der Waals surface area contributed by atoms with Crippen LogP contribution in [0, 0.1) is 0 Å². The Bertz CT molecular complexity index is 304. The van der Waals surface area contributed by atoms with E-state index >= 15 is 0 Å². The van der Waals surface area contributed by atoms with Crippen LogP contribution < -0.4 is 5.73 Å². The summed E-state index contributed by atoms with van der Waals surface area (Å²) in [6.45, 7) is 0. The van der Waals surface area contributed by atoms with Crippen LogP contribution in [-0.4, -0.2) is 22.9 Å². The SMILES string of the molecule is NC(CC(=O)O)C(=O)C1=CCC=CC1. The molecule has 14 heavy (non-hydrogen) atoms. The molecule has 3 N–H and O–H groups in total. The molecule has 4 heteroatoms. The number of rotatable bonds is 4. The van der Waals surface area contributed by atoms with Crippen molar-refractivity contribution in [1.82, 2.24) is 0 Å². The lowest BCUT2D eigenvalue weighted by Gasteiger charge is -2.11. The van der Waals surface area contributed by atoms with Crippen molar-refractivity contribution in [3.05, 3.63) is 23.8 Å². The van der Waals surface area contributed by atoms with Crippen LogP contribution >= 0.6 is 0 Å². The van der Waals surface area contributed by atoms with Gasteiger partial charge in [-0.05, 0) is 18.4 Å². The standard InChI is InChI=1S/C10H13NO3/c11-8(6-9(12)13)10(14)7-4-2-1-3-5-7/h1-2,5,8H,3-4,6,11H2,(H,12,13). The van der Waals surface area contributed by atoms with Crippen molar-refractivity contribution in [2.45, 2.75) is 25.3 Å². The number of carboxylic acid groups (broad SMARTS) is 1. The Kier molecular flexibility index (Phi) is 3.59. The molecule has 0 fully saturated rings. The van der Waals surface area contributed by atoms with Crippen molar-refractivity contribution in [3.63, 3.8) is 0 Å². The Labute approximate surface area is 82.1 Å². The highest BCUT2D eigenvalue weighted by atomic mass is 16.4. The molecule has 0 saturated carbocycles. The molecule has 0 saturated heterocycles. The van der Waals surface area contributed by atoms with Crippen LogP contribution in [0.5, 0.6) is 0 Å². The maximum Gasteiger partial charge on any atom is 0.305 e. The second-order valence-corrected chi connectivity index (χ2v) is 3.21. The summed E-state index contributed by atoms with van der Waals surface area (Å²) in [5.41, 5.74) is 6.08. The number of carbonyl (C=O) groups excluding carboxylic acids is 1. The fourth-order valence-corrected chi connectivity index (χ4v) is 1.32. The Morgan fingerprint density at radius 2 is 2.21 bits per heavy atom. The summed E-state index contributed by atoms with van der Waals surface area (Å²) in [5, 5.41) is 8.47. The first-order valence-electron chi connectivity index (χ1n) is 4.47. The van der Waals surface area contributed by atoms with Crippen LogP contribution in [0.2, 0.25) is 0 Å². The molecule has 0 aromatic rings. The minimum absolute atomic E-state index is 0.253. The fraction of sp³-hybridized carbons (Fsp3) is 0.400. The Morgan fingerprint density at radius 3 is 2.71 bits per heavy atom. The molecule has 1 atom stereocenters. The van der Waals surface area contributed by atoms with Crippen LogP contribution in [0.3, 0.4) is 0 Å². The Morgan fingerprint density at radius 1 is 1.50 bits per heavy atom. The third-order valence-electron chi connectivity index (χ3n) is 2.05. The average Bonchev–Trinajstić information content (AvgIpc) is 2.17. The molecular weight excluding hydrogens is 182 g/mol. The molecule has 0 aromatic heterocycles. The van der Waals surface area contributed by atoms with Crippen molar-refractivity contribution < 1.29 is 14.7 Å². The topological polar surface area (TPSA) is 80.4 Å². The number of hydrogen-bond donors (Lipinski definition) is 2. The molecule has 1 unspecified atom stereocenters. The zero-order chi connectivity index (χ0) is 10.6. The number of carbonyl (C=O) groups is 2. The Hall–Kier alpha value is -1.42. The highest BCUT2D eigenvalue weighted by Gasteiger charge is 2.20. The lowest BCUT2D eigenvalue weighted by molar-refractivity contribution is -0.138. The summed E-state index contributed by atoms with van der Waals surface area (Å²) in [4.78, 5) is 21.9. The van der Waals surface area contributed by atoms with Gasteiger partial charge in [0.1, 0.15) is 0 Å². The van der Waals surface area contributed by atoms with Crippen LogP contribution in [0.4, 0.5) is 0 Å². The van der Waals surface area contributed by atoms with Gasteiger partial charge < -0.3 is 10.8 Å². The predicted molar refractivity (Wildman–Crippen MR) is 51.7 cm³/mol. The number of nitrogens with two attached hydrogens (primary N) is 1. The first-order valence-corrected chi connectivity index (χ1v) is 4.47. The number of hydrogen-bond acceptors (Lipinski definition) is 3. The summed E-state index contributed by atoms with van der Waals surface area (Å²) < 4.78 is 0. The molecule has 0 bridgehead atoms. The molecule has 0 spiro atoms. The maximum atomic E-state index is 11.5. The second kappa shape index (κ2) is 4.72. The molecule has 1 aliphatic carbocycles. The van der Waals surface area contributed by atoms with E-state index in [0.717, 1.165) is 6.42 Å². The van der Waals surface area contributed by atoms with Crippen LogP contribution in [-0.2, 0) is 9.59 Å². The van der Waals surface area contributed by atoms with Gasteiger partial charge in [0.2, 0.25) is 0 Å². The van der Waals surface area contributed by atoms with Gasteiger partial charge in [-0.1, -0.05) is 18.2 Å². The van der Waals surface area contributed by atoms with Crippen molar-refractivity contribution in [1.29, 1.82) is 0 Å². The zero-order valence-electron chi connectivity index (χ0n) is 7.77. The van der Waals surface area contributed by atoms with Crippen molar-refractivity contribution in [2.24, 2.45) is 5.73 Å². The van der Waals surface area contributed by atoms with Gasteiger partial charge in [0.05, 0.1) is 12.5 Å². The second-order valence-electron chi connectivity index (χ2n) is 3.21. The van der Waals surface area contributed by atoms with Crippen molar-refractivity contribution >= 4 is 11.8 Å². The molecule has 1 aliphatic rings. The molecule has 0 radical (unpaired) electrons. The lowest BCUT2D eigenvalue weighted by atomic mass is 9.96. The molecule has 0 heterocycles. The smallest absolute Gasteiger partial charge is 0.305 e. The molecule has 76 valence electrons. The van der Waals surface area contributed by atoms with E-state index in [1.165, 1.54) is 0 Å². The first kappa shape index (κ1) is 10.7. The largest absolute Gasteiger partial charge is 0.481 e. The summed E-state index contributed by atoms with van der Waals surface area (Å²) >= 11 is 0. The fourth-order valence-electron chi connectivity index (χ4n) is 1.32. The average molecular weight is 195 g/mol. The highest BCUT2D eigenvalue weighted by molar-refractivity contribution is 6.01. The van der Waals surface area contributed by atoms with Gasteiger partial charge in [0.15, 0.2) is 5.78 Å². The predicted octanol–water partition coefficient (Wildman–Crippen LogP) is 0.634. The van der Waals surface area contributed by atoms with Gasteiger partial charge >= 0.3 is 5.97 Å². The zero-order valence-corrected chi connectivity index (χ0v) is 7.77. The van der Waals surface area contributed by atoms with E-state index in [1.54, 1.807) is 6.08 Å². The van der Waals surface area contributed by atoms with E-state index < -0.39 is 12.0 Å².